The van der Waals surface area contributed by atoms with E-state index < -0.39 is 5.91 Å². The van der Waals surface area contributed by atoms with Crippen molar-refractivity contribution in [2.24, 2.45) is 5.73 Å². The van der Waals surface area contributed by atoms with Gasteiger partial charge in [0.2, 0.25) is 0 Å². The first-order chi connectivity index (χ1) is 8.15. The maximum atomic E-state index is 11.0. The summed E-state index contributed by atoms with van der Waals surface area (Å²) < 4.78 is 0. The van der Waals surface area contributed by atoms with Crippen molar-refractivity contribution in [2.75, 3.05) is 0 Å². The number of benzene rings is 1. The quantitative estimate of drug-likeness (QED) is 0.863. The van der Waals surface area contributed by atoms with Gasteiger partial charge < -0.3 is 5.73 Å². The van der Waals surface area contributed by atoms with Gasteiger partial charge in [-0.2, -0.15) is 0 Å². The second-order valence-electron chi connectivity index (χ2n) is 3.89. The molecule has 1 heterocycles. The van der Waals surface area contributed by atoms with Crippen molar-refractivity contribution in [2.45, 2.75) is 13.3 Å². The Morgan fingerprint density at radius 3 is 2.88 bits per heavy atom. The second-order valence-corrected chi connectivity index (χ2v) is 3.89. The standard InChI is InChI=1S/C13H13N3O/c1-9-3-2-4-10(7-9)8-12-15-6-5-11(16-12)13(14)17/h2-7H,8H2,1H3,(H2,14,17). The Bertz CT molecular complexity index is 552. The zero-order valence-electron chi connectivity index (χ0n) is 9.55. The van der Waals surface area contributed by atoms with Crippen LogP contribution < -0.4 is 5.73 Å². The van der Waals surface area contributed by atoms with Gasteiger partial charge in [0, 0.05) is 12.6 Å². The first-order valence-electron chi connectivity index (χ1n) is 5.32. The fourth-order valence-electron chi connectivity index (χ4n) is 1.63. The Morgan fingerprint density at radius 2 is 2.18 bits per heavy atom. The van der Waals surface area contributed by atoms with E-state index in [9.17, 15) is 4.79 Å². The van der Waals surface area contributed by atoms with Crippen molar-refractivity contribution in [3.63, 3.8) is 0 Å². The van der Waals surface area contributed by atoms with Gasteiger partial charge in [0.1, 0.15) is 11.5 Å². The van der Waals surface area contributed by atoms with E-state index in [4.69, 9.17) is 5.73 Å². The van der Waals surface area contributed by atoms with Gasteiger partial charge in [-0.1, -0.05) is 29.8 Å². The number of aromatic nitrogens is 2. The Morgan fingerprint density at radius 1 is 1.35 bits per heavy atom. The molecule has 0 fully saturated rings. The normalized spacial score (nSPS) is 10.2. The van der Waals surface area contributed by atoms with E-state index in [0.717, 1.165) is 5.56 Å². The molecule has 17 heavy (non-hydrogen) atoms. The summed E-state index contributed by atoms with van der Waals surface area (Å²) in [7, 11) is 0. The minimum atomic E-state index is -0.530. The smallest absolute Gasteiger partial charge is 0.267 e. The lowest BCUT2D eigenvalue weighted by Gasteiger charge is -2.02. The van der Waals surface area contributed by atoms with Crippen LogP contribution in [-0.4, -0.2) is 15.9 Å². The molecule has 86 valence electrons. The summed E-state index contributed by atoms with van der Waals surface area (Å²) in [6, 6.07) is 9.61. The van der Waals surface area contributed by atoms with Crippen LogP contribution in [0.5, 0.6) is 0 Å². The maximum absolute atomic E-state index is 11.0. The highest BCUT2D eigenvalue weighted by molar-refractivity contribution is 5.90. The molecule has 0 unspecified atom stereocenters. The van der Waals surface area contributed by atoms with Crippen LogP contribution in [-0.2, 0) is 6.42 Å². The zero-order valence-corrected chi connectivity index (χ0v) is 9.55. The molecule has 1 amide bonds. The molecule has 0 aliphatic rings. The number of amides is 1. The number of rotatable bonds is 3. The molecule has 1 aromatic heterocycles. The van der Waals surface area contributed by atoms with Crippen LogP contribution in [0.15, 0.2) is 36.5 Å². The van der Waals surface area contributed by atoms with Crippen LogP contribution in [0.1, 0.15) is 27.4 Å². The zero-order chi connectivity index (χ0) is 12.3. The number of nitrogens with two attached hydrogens (primary N) is 1. The van der Waals surface area contributed by atoms with E-state index in [1.165, 1.54) is 11.6 Å². The third-order valence-corrected chi connectivity index (χ3v) is 2.40. The van der Waals surface area contributed by atoms with E-state index >= 15 is 0 Å². The Balaban J connectivity index is 2.24. The molecular formula is C13H13N3O. The first-order valence-corrected chi connectivity index (χ1v) is 5.32. The lowest BCUT2D eigenvalue weighted by Crippen LogP contribution is -2.14. The molecule has 0 saturated carbocycles. The van der Waals surface area contributed by atoms with Crippen molar-refractivity contribution >= 4 is 5.91 Å². The van der Waals surface area contributed by atoms with Crippen LogP contribution in [0.2, 0.25) is 0 Å². The molecule has 0 saturated heterocycles. The molecule has 0 radical (unpaired) electrons. The Hall–Kier alpha value is -2.23. The van der Waals surface area contributed by atoms with Gasteiger partial charge in [-0.25, -0.2) is 9.97 Å². The van der Waals surface area contributed by atoms with Gasteiger partial charge in [-0.05, 0) is 18.6 Å². The van der Waals surface area contributed by atoms with E-state index in [1.807, 2.05) is 25.1 Å². The number of carbonyl (C=O) groups excluding carboxylic acids is 1. The average Bonchev–Trinajstić information content (AvgIpc) is 2.29. The molecule has 1 aromatic carbocycles. The molecule has 0 atom stereocenters. The third-order valence-electron chi connectivity index (χ3n) is 2.40. The highest BCUT2D eigenvalue weighted by atomic mass is 16.1. The van der Waals surface area contributed by atoms with Crippen molar-refractivity contribution in [3.05, 3.63) is 59.2 Å². The van der Waals surface area contributed by atoms with Gasteiger partial charge in [0.05, 0.1) is 0 Å². The molecule has 2 aromatic rings. The number of aryl methyl sites for hydroxylation is 1. The topological polar surface area (TPSA) is 68.9 Å². The highest BCUT2D eigenvalue weighted by Crippen LogP contribution is 2.08. The van der Waals surface area contributed by atoms with E-state index in [-0.39, 0.29) is 5.69 Å². The predicted molar refractivity (Wildman–Crippen MR) is 64.5 cm³/mol. The van der Waals surface area contributed by atoms with Gasteiger partial charge in [-0.15, -0.1) is 0 Å². The van der Waals surface area contributed by atoms with Crippen molar-refractivity contribution in [1.82, 2.24) is 9.97 Å². The highest BCUT2D eigenvalue weighted by Gasteiger charge is 2.05. The first kappa shape index (κ1) is 11.3. The Kier molecular flexibility index (Phi) is 3.14. The van der Waals surface area contributed by atoms with Crippen molar-refractivity contribution in [1.29, 1.82) is 0 Å². The summed E-state index contributed by atoms with van der Waals surface area (Å²) >= 11 is 0. The molecule has 0 aliphatic heterocycles. The van der Waals surface area contributed by atoms with Crippen LogP contribution in [0.3, 0.4) is 0 Å². The average molecular weight is 227 g/mol. The van der Waals surface area contributed by atoms with Gasteiger partial charge in [-0.3, -0.25) is 4.79 Å². The number of primary amides is 1. The summed E-state index contributed by atoms with van der Waals surface area (Å²) in [4.78, 5) is 19.2. The third kappa shape index (κ3) is 2.87. The molecule has 4 nitrogen and oxygen atoms in total. The number of carbonyl (C=O) groups is 1. The minimum Gasteiger partial charge on any atom is -0.364 e. The van der Waals surface area contributed by atoms with Crippen molar-refractivity contribution in [3.8, 4) is 0 Å². The lowest BCUT2D eigenvalue weighted by atomic mass is 10.1. The van der Waals surface area contributed by atoms with Crippen LogP contribution >= 0.6 is 0 Å². The molecule has 0 aliphatic carbocycles. The summed E-state index contributed by atoms with van der Waals surface area (Å²) in [5.41, 5.74) is 7.73. The molecule has 0 spiro atoms. The van der Waals surface area contributed by atoms with Crippen LogP contribution in [0, 0.1) is 6.92 Å². The van der Waals surface area contributed by atoms with Gasteiger partial charge in [0.25, 0.3) is 5.91 Å². The number of hydrogen-bond donors (Lipinski definition) is 1. The summed E-state index contributed by atoms with van der Waals surface area (Å²) in [5, 5.41) is 0. The molecular weight excluding hydrogens is 214 g/mol. The van der Waals surface area contributed by atoms with E-state index in [1.54, 1.807) is 6.20 Å². The van der Waals surface area contributed by atoms with Crippen molar-refractivity contribution < 1.29 is 4.79 Å². The molecule has 2 N–H and O–H groups in total. The maximum Gasteiger partial charge on any atom is 0.267 e. The van der Waals surface area contributed by atoms with Gasteiger partial charge in [0.15, 0.2) is 0 Å². The number of nitrogens with zero attached hydrogens (tertiary/aromatic N) is 2. The summed E-state index contributed by atoms with van der Waals surface area (Å²) in [5.74, 6) is 0.0739. The number of hydrogen-bond acceptors (Lipinski definition) is 3. The van der Waals surface area contributed by atoms with E-state index in [0.29, 0.717) is 12.2 Å². The summed E-state index contributed by atoms with van der Waals surface area (Å²) in [6.07, 6.45) is 2.15. The summed E-state index contributed by atoms with van der Waals surface area (Å²) in [6.45, 7) is 2.03. The van der Waals surface area contributed by atoms with Gasteiger partial charge >= 0.3 is 0 Å². The molecule has 0 bridgehead atoms. The van der Waals surface area contributed by atoms with Crippen LogP contribution in [0.25, 0.3) is 0 Å². The molecule has 4 heteroatoms. The minimum absolute atomic E-state index is 0.252. The lowest BCUT2D eigenvalue weighted by molar-refractivity contribution is 0.0995. The monoisotopic (exact) mass is 227 g/mol. The van der Waals surface area contributed by atoms with Crippen LogP contribution in [0.4, 0.5) is 0 Å². The van der Waals surface area contributed by atoms with E-state index in [2.05, 4.69) is 16.0 Å². The fourth-order valence-corrected chi connectivity index (χ4v) is 1.63. The Labute approximate surface area is 99.5 Å². The molecule has 2 rings (SSSR count). The predicted octanol–water partition coefficient (Wildman–Crippen LogP) is 1.47. The second kappa shape index (κ2) is 4.74. The fraction of sp³-hybridized carbons (Fsp3) is 0.154. The largest absolute Gasteiger partial charge is 0.364 e. The SMILES string of the molecule is Cc1cccc(Cc2nccc(C(N)=O)n2)c1.